The third kappa shape index (κ3) is 4.44. The van der Waals surface area contributed by atoms with E-state index in [1.807, 2.05) is 0 Å². The second-order valence-electron chi connectivity index (χ2n) is 3.10. The molecule has 0 aliphatic rings. The van der Waals surface area contributed by atoms with Gasteiger partial charge in [0, 0.05) is 17.7 Å². The summed E-state index contributed by atoms with van der Waals surface area (Å²) >= 11 is 0. The Hall–Kier alpha value is -1.36. The van der Waals surface area contributed by atoms with E-state index in [-0.39, 0.29) is 19.8 Å². The molecule has 0 saturated carbocycles. The van der Waals surface area contributed by atoms with Crippen molar-refractivity contribution in [2.45, 2.75) is 27.2 Å². The maximum atomic E-state index is 11.5. The number of carbonyl (C=O) groups is 2. The minimum absolute atomic E-state index is 0.151. The predicted molar refractivity (Wildman–Crippen MR) is 59.6 cm³/mol. The van der Waals surface area contributed by atoms with Gasteiger partial charge in [0.2, 0.25) is 0 Å². The van der Waals surface area contributed by atoms with Crippen molar-refractivity contribution < 1.29 is 19.1 Å². The second kappa shape index (κ2) is 7.87. The zero-order chi connectivity index (χ0) is 12.6. The average molecular weight is 229 g/mol. The van der Waals surface area contributed by atoms with E-state index in [1.165, 1.54) is 0 Å². The van der Waals surface area contributed by atoms with Gasteiger partial charge in [-0.25, -0.2) is 9.59 Å². The molecule has 0 saturated heterocycles. The largest absolute Gasteiger partial charge is 0.463 e. The Morgan fingerprint density at radius 1 is 1.12 bits per heavy atom. The van der Waals surface area contributed by atoms with Crippen LogP contribution in [0.4, 0.5) is 0 Å². The monoisotopic (exact) mass is 229 g/mol. The summed E-state index contributed by atoms with van der Waals surface area (Å²) < 4.78 is 9.68. The van der Waals surface area contributed by atoms with Crippen LogP contribution in [0.2, 0.25) is 0 Å². The SMILES string of the molecule is CCOC(=O)C(C)=C(CC)C(=O)OCCN. The molecule has 0 rings (SSSR count). The first kappa shape index (κ1) is 14.6. The lowest BCUT2D eigenvalue weighted by molar-refractivity contribution is -0.142. The van der Waals surface area contributed by atoms with Gasteiger partial charge in [-0.2, -0.15) is 0 Å². The van der Waals surface area contributed by atoms with Crippen molar-refractivity contribution in [3.8, 4) is 0 Å². The van der Waals surface area contributed by atoms with Crippen molar-refractivity contribution in [3.05, 3.63) is 11.1 Å². The first-order valence-electron chi connectivity index (χ1n) is 5.32. The maximum Gasteiger partial charge on any atom is 0.334 e. The molecule has 5 nitrogen and oxygen atoms in total. The molecule has 5 heteroatoms. The fourth-order valence-corrected chi connectivity index (χ4v) is 1.16. The summed E-state index contributed by atoms with van der Waals surface area (Å²) in [5.74, 6) is -0.984. The molecule has 0 aliphatic carbocycles. The number of hydrogen-bond acceptors (Lipinski definition) is 5. The number of rotatable bonds is 6. The molecule has 0 unspecified atom stereocenters. The van der Waals surface area contributed by atoms with Gasteiger partial charge in [0.05, 0.1) is 6.61 Å². The highest BCUT2D eigenvalue weighted by molar-refractivity contribution is 5.99. The number of carbonyl (C=O) groups excluding carboxylic acids is 2. The zero-order valence-electron chi connectivity index (χ0n) is 10.0. The zero-order valence-corrected chi connectivity index (χ0v) is 10.0. The predicted octanol–water partition coefficient (Wildman–Crippen LogP) is 0.778. The summed E-state index contributed by atoms with van der Waals surface area (Å²) in [4.78, 5) is 22.9. The molecular weight excluding hydrogens is 210 g/mol. The summed E-state index contributed by atoms with van der Waals surface area (Å²) in [6, 6.07) is 0. The van der Waals surface area contributed by atoms with E-state index >= 15 is 0 Å². The maximum absolute atomic E-state index is 11.5. The minimum Gasteiger partial charge on any atom is -0.463 e. The number of nitrogens with two attached hydrogens (primary N) is 1. The summed E-state index contributed by atoms with van der Waals surface area (Å²) in [5.41, 5.74) is 5.85. The van der Waals surface area contributed by atoms with Gasteiger partial charge in [-0.1, -0.05) is 6.92 Å². The van der Waals surface area contributed by atoms with Crippen LogP contribution in [0.5, 0.6) is 0 Å². The van der Waals surface area contributed by atoms with Gasteiger partial charge in [0.1, 0.15) is 6.61 Å². The smallest absolute Gasteiger partial charge is 0.334 e. The van der Waals surface area contributed by atoms with Crippen LogP contribution in [0.15, 0.2) is 11.1 Å². The van der Waals surface area contributed by atoms with E-state index in [0.717, 1.165) is 0 Å². The van der Waals surface area contributed by atoms with E-state index in [0.29, 0.717) is 17.6 Å². The Kier molecular flexibility index (Phi) is 7.20. The third-order valence-electron chi connectivity index (χ3n) is 1.99. The van der Waals surface area contributed by atoms with Crippen LogP contribution in [0.1, 0.15) is 27.2 Å². The molecule has 0 amide bonds. The minimum atomic E-state index is -0.501. The Bertz CT molecular complexity index is 284. The van der Waals surface area contributed by atoms with Crippen LogP contribution in [0.3, 0.4) is 0 Å². The Morgan fingerprint density at radius 3 is 2.19 bits per heavy atom. The fraction of sp³-hybridized carbons (Fsp3) is 0.636. The van der Waals surface area contributed by atoms with Crippen molar-refractivity contribution in [2.24, 2.45) is 5.73 Å². The van der Waals surface area contributed by atoms with Gasteiger partial charge in [-0.3, -0.25) is 0 Å². The standard InChI is InChI=1S/C11H19NO4/c1-4-9(11(14)16-7-6-12)8(3)10(13)15-5-2/h4-7,12H2,1-3H3. The fourth-order valence-electron chi connectivity index (χ4n) is 1.16. The van der Waals surface area contributed by atoms with Crippen molar-refractivity contribution in [2.75, 3.05) is 19.8 Å². The Balaban J connectivity index is 4.72. The van der Waals surface area contributed by atoms with E-state index < -0.39 is 11.9 Å². The molecule has 0 spiro atoms. The molecule has 0 heterocycles. The van der Waals surface area contributed by atoms with E-state index in [4.69, 9.17) is 15.2 Å². The van der Waals surface area contributed by atoms with Crippen LogP contribution in [0.25, 0.3) is 0 Å². The third-order valence-corrected chi connectivity index (χ3v) is 1.99. The van der Waals surface area contributed by atoms with E-state index in [1.54, 1.807) is 20.8 Å². The molecule has 0 aromatic heterocycles. The summed E-state index contributed by atoms with van der Waals surface area (Å²) in [6.45, 7) is 5.75. The van der Waals surface area contributed by atoms with E-state index in [9.17, 15) is 9.59 Å². The van der Waals surface area contributed by atoms with Gasteiger partial charge in [0.25, 0.3) is 0 Å². The molecule has 0 aliphatic heterocycles. The normalized spacial score (nSPS) is 11.8. The first-order chi connectivity index (χ1) is 7.58. The molecule has 0 bridgehead atoms. The first-order valence-corrected chi connectivity index (χ1v) is 5.32. The average Bonchev–Trinajstić information content (AvgIpc) is 2.27. The van der Waals surface area contributed by atoms with Crippen LogP contribution >= 0.6 is 0 Å². The van der Waals surface area contributed by atoms with Gasteiger partial charge in [-0.15, -0.1) is 0 Å². The van der Waals surface area contributed by atoms with Crippen molar-refractivity contribution in [1.82, 2.24) is 0 Å². The lowest BCUT2D eigenvalue weighted by atomic mass is 10.1. The van der Waals surface area contributed by atoms with E-state index in [2.05, 4.69) is 0 Å². The van der Waals surface area contributed by atoms with Gasteiger partial charge in [-0.05, 0) is 20.3 Å². The second-order valence-corrected chi connectivity index (χ2v) is 3.10. The summed E-state index contributed by atoms with van der Waals surface area (Å²) in [5, 5.41) is 0. The Morgan fingerprint density at radius 2 is 1.75 bits per heavy atom. The summed E-state index contributed by atoms with van der Waals surface area (Å²) in [7, 11) is 0. The molecule has 0 radical (unpaired) electrons. The Labute approximate surface area is 95.6 Å². The lowest BCUT2D eigenvalue weighted by Gasteiger charge is -2.09. The molecule has 16 heavy (non-hydrogen) atoms. The van der Waals surface area contributed by atoms with Crippen LogP contribution in [0, 0.1) is 0 Å². The number of ether oxygens (including phenoxy) is 2. The topological polar surface area (TPSA) is 78.6 Å². The quantitative estimate of drug-likeness (QED) is 0.538. The molecule has 0 atom stereocenters. The van der Waals surface area contributed by atoms with Gasteiger partial charge < -0.3 is 15.2 Å². The number of esters is 2. The van der Waals surface area contributed by atoms with Gasteiger partial charge >= 0.3 is 11.9 Å². The summed E-state index contributed by atoms with van der Waals surface area (Å²) in [6.07, 6.45) is 0.425. The highest BCUT2D eigenvalue weighted by atomic mass is 16.5. The van der Waals surface area contributed by atoms with Crippen LogP contribution < -0.4 is 5.73 Å². The molecule has 0 aromatic rings. The number of hydrogen-bond donors (Lipinski definition) is 1. The molecule has 92 valence electrons. The van der Waals surface area contributed by atoms with Crippen LogP contribution in [-0.4, -0.2) is 31.7 Å². The van der Waals surface area contributed by atoms with Crippen LogP contribution in [-0.2, 0) is 19.1 Å². The molecule has 0 fully saturated rings. The highest BCUT2D eigenvalue weighted by Crippen LogP contribution is 2.12. The molecular formula is C11H19NO4. The van der Waals surface area contributed by atoms with Crippen molar-refractivity contribution in [3.63, 3.8) is 0 Å². The lowest BCUT2D eigenvalue weighted by Crippen LogP contribution is -2.18. The van der Waals surface area contributed by atoms with Crippen molar-refractivity contribution >= 4 is 11.9 Å². The molecule has 0 aromatic carbocycles. The highest BCUT2D eigenvalue weighted by Gasteiger charge is 2.17. The van der Waals surface area contributed by atoms with Gasteiger partial charge in [0.15, 0.2) is 0 Å². The molecule has 2 N–H and O–H groups in total. The van der Waals surface area contributed by atoms with Crippen molar-refractivity contribution in [1.29, 1.82) is 0 Å².